The number of hydrogen-bond acceptors (Lipinski definition) is 4. The molecule has 2 rings (SSSR count). The lowest BCUT2D eigenvalue weighted by molar-refractivity contribution is 0.174. The van der Waals surface area contributed by atoms with Crippen LogP contribution in [0.5, 0.6) is 11.5 Å². The Hall–Kier alpha value is -0.870. The van der Waals surface area contributed by atoms with Gasteiger partial charge in [0.25, 0.3) is 0 Å². The standard InChI is InChI=1S/C10H13NO2S/c1-6-2-9-10(13-5-12-9)3-7(6)8(11)4-14/h2-3,8,14H,4-5,11H2,1H3. The molecule has 0 aromatic heterocycles. The SMILES string of the molecule is Cc1cc2c(cc1C(N)CS)OCO2. The number of nitrogens with two attached hydrogens (primary N) is 1. The van der Waals surface area contributed by atoms with Crippen molar-refractivity contribution in [3.8, 4) is 11.5 Å². The van der Waals surface area contributed by atoms with Crippen molar-refractivity contribution in [1.29, 1.82) is 0 Å². The molecule has 0 radical (unpaired) electrons. The van der Waals surface area contributed by atoms with Crippen molar-refractivity contribution in [1.82, 2.24) is 0 Å². The first-order valence-electron chi connectivity index (χ1n) is 4.49. The lowest BCUT2D eigenvalue weighted by Crippen LogP contribution is -2.13. The van der Waals surface area contributed by atoms with E-state index in [4.69, 9.17) is 15.2 Å². The zero-order valence-corrected chi connectivity index (χ0v) is 8.88. The number of hydrogen-bond donors (Lipinski definition) is 2. The van der Waals surface area contributed by atoms with Crippen molar-refractivity contribution < 1.29 is 9.47 Å². The van der Waals surface area contributed by atoms with Gasteiger partial charge in [0.15, 0.2) is 11.5 Å². The lowest BCUT2D eigenvalue weighted by Gasteiger charge is -2.12. The minimum absolute atomic E-state index is 0.0483. The number of benzene rings is 1. The molecule has 1 aromatic carbocycles. The molecular formula is C10H13NO2S. The Morgan fingerprint density at radius 1 is 1.43 bits per heavy atom. The van der Waals surface area contributed by atoms with E-state index in [0.717, 1.165) is 22.6 Å². The van der Waals surface area contributed by atoms with E-state index in [0.29, 0.717) is 12.5 Å². The molecule has 0 amide bonds. The van der Waals surface area contributed by atoms with Crippen LogP contribution in [0.2, 0.25) is 0 Å². The van der Waals surface area contributed by atoms with Crippen LogP contribution in [0.3, 0.4) is 0 Å². The summed E-state index contributed by atoms with van der Waals surface area (Å²) < 4.78 is 10.6. The Balaban J connectivity index is 2.42. The van der Waals surface area contributed by atoms with Gasteiger partial charge in [-0.2, -0.15) is 12.6 Å². The van der Waals surface area contributed by atoms with E-state index in [1.807, 2.05) is 19.1 Å². The van der Waals surface area contributed by atoms with Gasteiger partial charge in [0, 0.05) is 11.8 Å². The number of ether oxygens (including phenoxy) is 2. The maximum Gasteiger partial charge on any atom is 0.231 e. The molecule has 0 aliphatic carbocycles. The molecular weight excluding hydrogens is 198 g/mol. The van der Waals surface area contributed by atoms with Crippen LogP contribution in [0.15, 0.2) is 12.1 Å². The number of thiol groups is 1. The molecule has 14 heavy (non-hydrogen) atoms. The average molecular weight is 211 g/mol. The Kier molecular flexibility index (Phi) is 2.56. The molecule has 1 heterocycles. The zero-order chi connectivity index (χ0) is 10.1. The van der Waals surface area contributed by atoms with Crippen molar-refractivity contribution in [3.05, 3.63) is 23.3 Å². The van der Waals surface area contributed by atoms with Crippen LogP contribution in [0, 0.1) is 6.92 Å². The fourth-order valence-electron chi connectivity index (χ4n) is 1.56. The summed E-state index contributed by atoms with van der Waals surface area (Å²) in [5, 5.41) is 0. The third kappa shape index (κ3) is 1.55. The van der Waals surface area contributed by atoms with Crippen LogP contribution in [0.25, 0.3) is 0 Å². The maximum atomic E-state index is 5.92. The predicted molar refractivity (Wildman–Crippen MR) is 58.1 cm³/mol. The number of aryl methyl sites for hydroxylation is 1. The van der Waals surface area contributed by atoms with Crippen LogP contribution in [-0.2, 0) is 0 Å². The molecule has 3 nitrogen and oxygen atoms in total. The van der Waals surface area contributed by atoms with Gasteiger partial charge >= 0.3 is 0 Å². The van der Waals surface area contributed by atoms with E-state index < -0.39 is 0 Å². The third-order valence-corrected chi connectivity index (χ3v) is 2.75. The Labute approximate surface area is 88.6 Å². The van der Waals surface area contributed by atoms with Crippen LogP contribution in [-0.4, -0.2) is 12.5 Å². The molecule has 0 saturated carbocycles. The fraction of sp³-hybridized carbons (Fsp3) is 0.400. The second kappa shape index (κ2) is 3.71. The van der Waals surface area contributed by atoms with E-state index in [-0.39, 0.29) is 6.04 Å². The van der Waals surface area contributed by atoms with Gasteiger partial charge in [0.2, 0.25) is 6.79 Å². The molecule has 0 fully saturated rings. The highest BCUT2D eigenvalue weighted by Gasteiger charge is 2.17. The first-order chi connectivity index (χ1) is 6.72. The fourth-order valence-corrected chi connectivity index (χ4v) is 1.75. The summed E-state index contributed by atoms with van der Waals surface area (Å²) in [6.45, 7) is 2.31. The van der Waals surface area contributed by atoms with Crippen molar-refractivity contribution in [2.45, 2.75) is 13.0 Å². The van der Waals surface area contributed by atoms with Crippen molar-refractivity contribution in [3.63, 3.8) is 0 Å². The normalized spacial score (nSPS) is 15.6. The van der Waals surface area contributed by atoms with E-state index in [1.54, 1.807) is 0 Å². The van der Waals surface area contributed by atoms with Gasteiger partial charge in [0.05, 0.1) is 0 Å². The molecule has 1 unspecified atom stereocenters. The molecule has 0 saturated heterocycles. The highest BCUT2D eigenvalue weighted by molar-refractivity contribution is 7.80. The van der Waals surface area contributed by atoms with Gasteiger partial charge in [-0.3, -0.25) is 0 Å². The smallest absolute Gasteiger partial charge is 0.231 e. The van der Waals surface area contributed by atoms with Crippen LogP contribution < -0.4 is 15.2 Å². The summed E-state index contributed by atoms with van der Waals surface area (Å²) in [5.41, 5.74) is 8.11. The minimum Gasteiger partial charge on any atom is -0.454 e. The summed E-state index contributed by atoms with van der Waals surface area (Å²) in [6, 6.07) is 3.85. The minimum atomic E-state index is -0.0483. The summed E-state index contributed by atoms with van der Waals surface area (Å²) in [7, 11) is 0. The predicted octanol–water partition coefficient (Wildman–Crippen LogP) is 1.65. The molecule has 76 valence electrons. The summed E-state index contributed by atoms with van der Waals surface area (Å²) in [5.74, 6) is 2.21. The lowest BCUT2D eigenvalue weighted by atomic mass is 10.0. The summed E-state index contributed by atoms with van der Waals surface area (Å²) in [4.78, 5) is 0. The van der Waals surface area contributed by atoms with Gasteiger partial charge < -0.3 is 15.2 Å². The molecule has 0 spiro atoms. The number of rotatable bonds is 2. The topological polar surface area (TPSA) is 44.5 Å². The van der Waals surface area contributed by atoms with E-state index >= 15 is 0 Å². The largest absolute Gasteiger partial charge is 0.454 e. The second-order valence-electron chi connectivity index (χ2n) is 3.35. The molecule has 1 aliphatic rings. The molecule has 4 heteroatoms. The Morgan fingerprint density at radius 2 is 2.07 bits per heavy atom. The molecule has 1 aromatic rings. The molecule has 1 atom stereocenters. The van der Waals surface area contributed by atoms with Crippen molar-refractivity contribution in [2.24, 2.45) is 5.73 Å². The summed E-state index contributed by atoms with van der Waals surface area (Å²) >= 11 is 4.18. The number of fused-ring (bicyclic) bond motifs is 1. The Bertz CT molecular complexity index is 354. The Morgan fingerprint density at radius 3 is 2.71 bits per heavy atom. The first-order valence-corrected chi connectivity index (χ1v) is 5.12. The van der Waals surface area contributed by atoms with Crippen LogP contribution >= 0.6 is 12.6 Å². The first kappa shape index (κ1) is 9.68. The summed E-state index contributed by atoms with van der Waals surface area (Å²) in [6.07, 6.45) is 0. The van der Waals surface area contributed by atoms with E-state index in [1.165, 1.54) is 0 Å². The quantitative estimate of drug-likeness (QED) is 0.731. The van der Waals surface area contributed by atoms with Gasteiger partial charge in [-0.15, -0.1) is 0 Å². The monoisotopic (exact) mass is 211 g/mol. The van der Waals surface area contributed by atoms with Gasteiger partial charge in [-0.1, -0.05) is 0 Å². The highest BCUT2D eigenvalue weighted by Crippen LogP contribution is 2.36. The molecule has 1 aliphatic heterocycles. The zero-order valence-electron chi connectivity index (χ0n) is 7.99. The van der Waals surface area contributed by atoms with Gasteiger partial charge in [0.1, 0.15) is 0 Å². The third-order valence-electron chi connectivity index (χ3n) is 2.36. The maximum absolute atomic E-state index is 5.92. The van der Waals surface area contributed by atoms with Crippen molar-refractivity contribution >= 4 is 12.6 Å². The van der Waals surface area contributed by atoms with E-state index in [2.05, 4.69) is 12.6 Å². The second-order valence-corrected chi connectivity index (χ2v) is 3.72. The highest BCUT2D eigenvalue weighted by atomic mass is 32.1. The average Bonchev–Trinajstić information content (AvgIpc) is 2.62. The molecule has 0 bridgehead atoms. The molecule has 2 N–H and O–H groups in total. The van der Waals surface area contributed by atoms with Crippen LogP contribution in [0.4, 0.5) is 0 Å². The van der Waals surface area contributed by atoms with E-state index in [9.17, 15) is 0 Å². The van der Waals surface area contributed by atoms with Crippen LogP contribution in [0.1, 0.15) is 17.2 Å². The van der Waals surface area contributed by atoms with Gasteiger partial charge in [-0.25, -0.2) is 0 Å². The van der Waals surface area contributed by atoms with Crippen molar-refractivity contribution in [2.75, 3.05) is 12.5 Å². The van der Waals surface area contributed by atoms with Gasteiger partial charge in [-0.05, 0) is 30.2 Å².